The van der Waals surface area contributed by atoms with E-state index in [-0.39, 0.29) is 17.5 Å². The van der Waals surface area contributed by atoms with Gasteiger partial charge >= 0.3 is 0 Å². The lowest BCUT2D eigenvalue weighted by Crippen LogP contribution is -2.22. The predicted molar refractivity (Wildman–Crippen MR) is 96.7 cm³/mol. The molecule has 0 saturated carbocycles. The highest BCUT2D eigenvalue weighted by Gasteiger charge is 2.19. The smallest absolute Gasteiger partial charge is 0.237 e. The molecule has 1 aromatic heterocycles. The molecule has 0 aliphatic carbocycles. The van der Waals surface area contributed by atoms with Crippen molar-refractivity contribution in [2.75, 3.05) is 5.32 Å². The van der Waals surface area contributed by atoms with Crippen LogP contribution >= 0.6 is 11.8 Å². The van der Waals surface area contributed by atoms with E-state index in [1.165, 1.54) is 48.2 Å². The number of thioether (sulfide) groups is 1. The molecule has 0 radical (unpaired) electrons. The third-order valence-electron chi connectivity index (χ3n) is 3.70. The Bertz CT molecular complexity index is 910. The van der Waals surface area contributed by atoms with Crippen LogP contribution in [0, 0.1) is 11.6 Å². The fourth-order valence-electron chi connectivity index (χ4n) is 2.26. The van der Waals surface area contributed by atoms with Crippen LogP contribution in [-0.2, 0) is 11.8 Å². The number of rotatable bonds is 5. The standard InChI is InChI=1S/C18H16F2N4OS/c1-11(17(25)21-15-9-7-14(20)8-10-15)26-18-23-22-16(24(18)2)12-3-5-13(19)6-4-12/h3-11H,1-2H3,(H,21,25)/t11-/m1/s1. The summed E-state index contributed by atoms with van der Waals surface area (Å²) in [5.41, 5.74) is 1.26. The number of anilines is 1. The number of nitrogens with one attached hydrogen (secondary N) is 1. The van der Waals surface area contributed by atoms with Gasteiger partial charge in [-0.1, -0.05) is 11.8 Å². The van der Waals surface area contributed by atoms with Crippen LogP contribution in [0.25, 0.3) is 11.4 Å². The first kappa shape index (κ1) is 18.1. The molecule has 0 unspecified atom stereocenters. The molecule has 0 spiro atoms. The molecule has 1 N–H and O–H groups in total. The van der Waals surface area contributed by atoms with Gasteiger partial charge < -0.3 is 9.88 Å². The monoisotopic (exact) mass is 374 g/mol. The molecule has 134 valence electrons. The van der Waals surface area contributed by atoms with Gasteiger partial charge in [-0.05, 0) is 55.5 Å². The van der Waals surface area contributed by atoms with Crippen molar-refractivity contribution >= 4 is 23.4 Å². The molecule has 5 nitrogen and oxygen atoms in total. The SMILES string of the molecule is C[C@@H](Sc1nnc(-c2ccc(F)cc2)n1C)C(=O)Nc1ccc(F)cc1. The topological polar surface area (TPSA) is 59.8 Å². The first-order valence-electron chi connectivity index (χ1n) is 7.82. The van der Waals surface area contributed by atoms with E-state index in [9.17, 15) is 13.6 Å². The molecule has 0 aliphatic heterocycles. The molecule has 1 heterocycles. The molecule has 8 heteroatoms. The van der Waals surface area contributed by atoms with E-state index in [2.05, 4.69) is 15.5 Å². The van der Waals surface area contributed by atoms with Gasteiger partial charge in [-0.15, -0.1) is 10.2 Å². The quantitative estimate of drug-likeness (QED) is 0.689. The zero-order chi connectivity index (χ0) is 18.7. The lowest BCUT2D eigenvalue weighted by molar-refractivity contribution is -0.115. The number of benzene rings is 2. The second-order valence-electron chi connectivity index (χ2n) is 5.63. The molecule has 0 aliphatic rings. The normalized spacial score (nSPS) is 12.0. The Morgan fingerprint density at radius 3 is 2.23 bits per heavy atom. The number of aromatic nitrogens is 3. The van der Waals surface area contributed by atoms with Crippen LogP contribution in [0.2, 0.25) is 0 Å². The summed E-state index contributed by atoms with van der Waals surface area (Å²) in [5.74, 6) is -0.332. The van der Waals surface area contributed by atoms with Gasteiger partial charge in [0.05, 0.1) is 5.25 Å². The van der Waals surface area contributed by atoms with Gasteiger partial charge in [-0.2, -0.15) is 0 Å². The number of hydrogen-bond donors (Lipinski definition) is 1. The van der Waals surface area contributed by atoms with Gasteiger partial charge in [0.1, 0.15) is 11.6 Å². The van der Waals surface area contributed by atoms with Gasteiger partial charge in [0.2, 0.25) is 5.91 Å². The van der Waals surface area contributed by atoms with Gasteiger partial charge in [0.15, 0.2) is 11.0 Å². The predicted octanol–water partition coefficient (Wildman–Crippen LogP) is 3.88. The summed E-state index contributed by atoms with van der Waals surface area (Å²) in [6.45, 7) is 1.75. The molecule has 3 aromatic rings. The summed E-state index contributed by atoms with van der Waals surface area (Å²) in [7, 11) is 1.78. The lowest BCUT2D eigenvalue weighted by atomic mass is 10.2. The van der Waals surface area contributed by atoms with E-state index < -0.39 is 5.25 Å². The molecule has 26 heavy (non-hydrogen) atoms. The summed E-state index contributed by atoms with van der Waals surface area (Å²) in [5, 5.41) is 11.1. The Labute approximate surface area is 153 Å². The van der Waals surface area contributed by atoms with E-state index in [4.69, 9.17) is 0 Å². The lowest BCUT2D eigenvalue weighted by Gasteiger charge is -2.11. The van der Waals surface area contributed by atoms with Crippen molar-refractivity contribution in [3.05, 3.63) is 60.2 Å². The zero-order valence-electron chi connectivity index (χ0n) is 14.1. The van der Waals surface area contributed by atoms with E-state index in [0.717, 1.165) is 5.56 Å². The van der Waals surface area contributed by atoms with E-state index in [1.807, 2.05) is 0 Å². The molecular formula is C18H16F2N4OS. The van der Waals surface area contributed by atoms with Crippen molar-refractivity contribution < 1.29 is 13.6 Å². The fraction of sp³-hybridized carbons (Fsp3) is 0.167. The maximum atomic E-state index is 13.1. The Morgan fingerprint density at radius 2 is 1.62 bits per heavy atom. The Hall–Kier alpha value is -2.74. The summed E-state index contributed by atoms with van der Waals surface area (Å²) >= 11 is 1.25. The van der Waals surface area contributed by atoms with Crippen molar-refractivity contribution in [2.24, 2.45) is 7.05 Å². The van der Waals surface area contributed by atoms with E-state index in [1.54, 1.807) is 30.7 Å². The molecule has 3 rings (SSSR count). The zero-order valence-corrected chi connectivity index (χ0v) is 14.9. The average molecular weight is 374 g/mol. The van der Waals surface area contributed by atoms with Crippen LogP contribution in [0.3, 0.4) is 0 Å². The minimum absolute atomic E-state index is 0.229. The third-order valence-corrected chi connectivity index (χ3v) is 4.83. The summed E-state index contributed by atoms with van der Waals surface area (Å²) in [6.07, 6.45) is 0. The van der Waals surface area contributed by atoms with Crippen molar-refractivity contribution in [1.29, 1.82) is 0 Å². The highest BCUT2D eigenvalue weighted by Crippen LogP contribution is 2.26. The van der Waals surface area contributed by atoms with Gasteiger partial charge in [-0.3, -0.25) is 4.79 Å². The third kappa shape index (κ3) is 4.08. The molecule has 0 saturated heterocycles. The van der Waals surface area contributed by atoms with Crippen molar-refractivity contribution in [2.45, 2.75) is 17.3 Å². The Kier molecular flexibility index (Phi) is 5.32. The summed E-state index contributed by atoms with van der Waals surface area (Å²) in [6, 6.07) is 11.5. The average Bonchev–Trinajstić information content (AvgIpc) is 2.98. The minimum atomic E-state index is -0.441. The first-order chi connectivity index (χ1) is 12.4. The number of carbonyl (C=O) groups excluding carboxylic acids is 1. The van der Waals surface area contributed by atoms with Gasteiger partial charge in [0.25, 0.3) is 0 Å². The van der Waals surface area contributed by atoms with Crippen LogP contribution < -0.4 is 5.32 Å². The van der Waals surface area contributed by atoms with Crippen LogP contribution in [0.1, 0.15) is 6.92 Å². The molecule has 2 aromatic carbocycles. The van der Waals surface area contributed by atoms with Crippen molar-refractivity contribution in [3.8, 4) is 11.4 Å². The molecule has 0 bridgehead atoms. The second-order valence-corrected chi connectivity index (χ2v) is 6.94. The van der Waals surface area contributed by atoms with Crippen LogP contribution in [0.15, 0.2) is 53.7 Å². The maximum absolute atomic E-state index is 13.1. The summed E-state index contributed by atoms with van der Waals surface area (Å²) in [4.78, 5) is 12.3. The first-order valence-corrected chi connectivity index (χ1v) is 8.70. The van der Waals surface area contributed by atoms with Crippen molar-refractivity contribution in [3.63, 3.8) is 0 Å². The summed E-state index contributed by atoms with van der Waals surface area (Å²) < 4.78 is 27.7. The minimum Gasteiger partial charge on any atom is -0.325 e. The van der Waals surface area contributed by atoms with E-state index >= 15 is 0 Å². The molecule has 1 atom stereocenters. The molecular weight excluding hydrogens is 358 g/mol. The number of halogens is 2. The highest BCUT2D eigenvalue weighted by molar-refractivity contribution is 8.00. The molecule has 0 fully saturated rings. The largest absolute Gasteiger partial charge is 0.325 e. The van der Waals surface area contributed by atoms with E-state index in [0.29, 0.717) is 16.7 Å². The van der Waals surface area contributed by atoms with Crippen LogP contribution in [-0.4, -0.2) is 25.9 Å². The Balaban J connectivity index is 1.69. The number of amides is 1. The number of hydrogen-bond acceptors (Lipinski definition) is 4. The molecule has 1 amide bonds. The van der Waals surface area contributed by atoms with Crippen molar-refractivity contribution in [1.82, 2.24) is 14.8 Å². The fourth-order valence-corrected chi connectivity index (χ4v) is 3.07. The number of carbonyl (C=O) groups is 1. The number of nitrogens with zero attached hydrogens (tertiary/aromatic N) is 3. The van der Waals surface area contributed by atoms with Gasteiger partial charge in [0, 0.05) is 18.3 Å². The van der Waals surface area contributed by atoms with Crippen LogP contribution in [0.5, 0.6) is 0 Å². The van der Waals surface area contributed by atoms with Crippen LogP contribution in [0.4, 0.5) is 14.5 Å². The highest BCUT2D eigenvalue weighted by atomic mass is 32.2. The Morgan fingerprint density at radius 1 is 1.04 bits per heavy atom. The second kappa shape index (κ2) is 7.65. The van der Waals surface area contributed by atoms with Gasteiger partial charge in [-0.25, -0.2) is 8.78 Å². The maximum Gasteiger partial charge on any atom is 0.237 e.